The lowest BCUT2D eigenvalue weighted by Crippen LogP contribution is -1.84. The molecule has 0 amide bonds. The fourth-order valence-electron chi connectivity index (χ4n) is 1.85. The monoisotopic (exact) mass is 302 g/mol. The van der Waals surface area contributed by atoms with Crippen LogP contribution in [0.3, 0.4) is 0 Å². The van der Waals surface area contributed by atoms with Gasteiger partial charge in [0.05, 0.1) is 18.9 Å². The summed E-state index contributed by atoms with van der Waals surface area (Å²) in [6.07, 6.45) is 1.61. The predicted octanol–water partition coefficient (Wildman–Crippen LogP) is 3.94. The smallest absolute Gasteiger partial charge is 0.277 e. The zero-order valence-corrected chi connectivity index (χ0v) is 12.5. The summed E-state index contributed by atoms with van der Waals surface area (Å²) in [5.41, 5.74) is 2.00. The van der Waals surface area contributed by atoms with Gasteiger partial charge in [0.2, 0.25) is 0 Å². The van der Waals surface area contributed by atoms with E-state index >= 15 is 0 Å². The quantitative estimate of drug-likeness (QED) is 0.665. The number of aromatic nitrogens is 2. The summed E-state index contributed by atoms with van der Waals surface area (Å²) >= 11 is 1.50. The highest BCUT2D eigenvalue weighted by molar-refractivity contribution is 7.98. The van der Waals surface area contributed by atoms with Crippen LogP contribution in [0.15, 0.2) is 50.7 Å². The zero-order chi connectivity index (χ0) is 14.7. The molecule has 1 aromatic carbocycles. The van der Waals surface area contributed by atoms with Crippen molar-refractivity contribution in [2.45, 2.75) is 17.9 Å². The molecule has 0 aliphatic rings. The maximum absolute atomic E-state index is 5.63. The van der Waals surface area contributed by atoms with E-state index in [1.54, 1.807) is 13.4 Å². The minimum absolute atomic E-state index is 0.485. The highest BCUT2D eigenvalue weighted by Gasteiger charge is 2.13. The summed E-state index contributed by atoms with van der Waals surface area (Å²) < 4.78 is 16.0. The molecular formula is C15H14N2O3S. The van der Waals surface area contributed by atoms with E-state index in [1.165, 1.54) is 17.3 Å². The Morgan fingerprint density at radius 2 is 1.95 bits per heavy atom. The van der Waals surface area contributed by atoms with E-state index in [-0.39, 0.29) is 0 Å². The number of hydrogen-bond donors (Lipinski definition) is 0. The molecule has 0 aliphatic heterocycles. The minimum atomic E-state index is 0.485. The molecule has 0 aliphatic carbocycles. The van der Waals surface area contributed by atoms with Crippen molar-refractivity contribution in [1.82, 2.24) is 10.2 Å². The molecule has 2 heterocycles. The van der Waals surface area contributed by atoms with Gasteiger partial charge >= 0.3 is 0 Å². The summed E-state index contributed by atoms with van der Waals surface area (Å²) in [5, 5.41) is 8.63. The van der Waals surface area contributed by atoms with E-state index in [0.29, 0.717) is 11.1 Å². The number of rotatable bonds is 5. The van der Waals surface area contributed by atoms with Crippen molar-refractivity contribution in [3.8, 4) is 17.2 Å². The van der Waals surface area contributed by atoms with Crippen LogP contribution in [0.2, 0.25) is 0 Å². The number of benzene rings is 1. The molecule has 0 fully saturated rings. The number of methoxy groups -OCH3 is 1. The van der Waals surface area contributed by atoms with Gasteiger partial charge in [0.15, 0.2) is 0 Å². The molecule has 0 atom stereocenters. The maximum Gasteiger partial charge on any atom is 0.277 e. The van der Waals surface area contributed by atoms with Gasteiger partial charge in [-0.2, -0.15) is 0 Å². The Labute approximate surface area is 126 Å². The highest BCUT2D eigenvalue weighted by Crippen LogP contribution is 2.28. The largest absolute Gasteiger partial charge is 0.497 e. The van der Waals surface area contributed by atoms with Crippen molar-refractivity contribution in [2.24, 2.45) is 0 Å². The fraction of sp³-hybridized carbons (Fsp3) is 0.200. The second-order valence-corrected chi connectivity index (χ2v) is 5.33. The van der Waals surface area contributed by atoms with Gasteiger partial charge < -0.3 is 13.6 Å². The van der Waals surface area contributed by atoms with Crippen molar-refractivity contribution in [2.75, 3.05) is 7.11 Å². The first-order chi connectivity index (χ1) is 10.3. The summed E-state index contributed by atoms with van der Waals surface area (Å²) in [4.78, 5) is 0. The Morgan fingerprint density at radius 1 is 1.14 bits per heavy atom. The SMILES string of the molecule is COc1ccc(CSc2nnc(-c3ccoc3C)o2)cc1. The number of hydrogen-bond acceptors (Lipinski definition) is 6. The van der Waals surface area contributed by atoms with Crippen molar-refractivity contribution in [3.63, 3.8) is 0 Å². The van der Waals surface area contributed by atoms with Crippen LogP contribution in [0.5, 0.6) is 5.75 Å². The minimum Gasteiger partial charge on any atom is -0.497 e. The maximum atomic E-state index is 5.63. The molecule has 0 saturated heterocycles. The van der Waals surface area contributed by atoms with Crippen molar-refractivity contribution in [1.29, 1.82) is 0 Å². The number of nitrogens with zero attached hydrogens (tertiary/aromatic N) is 2. The summed E-state index contributed by atoms with van der Waals surface area (Å²) in [6.45, 7) is 1.86. The molecule has 5 nitrogen and oxygen atoms in total. The van der Waals surface area contributed by atoms with Gasteiger partial charge in [0, 0.05) is 5.75 Å². The van der Waals surface area contributed by atoms with Gasteiger partial charge in [-0.15, -0.1) is 10.2 Å². The zero-order valence-electron chi connectivity index (χ0n) is 11.7. The van der Waals surface area contributed by atoms with Crippen molar-refractivity contribution >= 4 is 11.8 Å². The van der Waals surface area contributed by atoms with Gasteiger partial charge in [-0.3, -0.25) is 0 Å². The molecule has 0 saturated carbocycles. The van der Waals surface area contributed by atoms with Gasteiger partial charge in [-0.05, 0) is 30.7 Å². The molecule has 0 N–H and O–H groups in total. The third kappa shape index (κ3) is 3.11. The van der Waals surface area contributed by atoms with Gasteiger partial charge in [-0.1, -0.05) is 23.9 Å². The highest BCUT2D eigenvalue weighted by atomic mass is 32.2. The van der Waals surface area contributed by atoms with Crippen molar-refractivity contribution in [3.05, 3.63) is 47.9 Å². The molecule has 3 rings (SSSR count). The lowest BCUT2D eigenvalue weighted by Gasteiger charge is -2.01. The second kappa shape index (κ2) is 6.05. The standard InChI is InChI=1S/C15H14N2O3S/c1-10-13(7-8-19-10)14-16-17-15(20-14)21-9-11-3-5-12(18-2)6-4-11/h3-8H,9H2,1-2H3. The van der Waals surface area contributed by atoms with Crippen LogP contribution in [0.1, 0.15) is 11.3 Å². The van der Waals surface area contributed by atoms with E-state index in [1.807, 2.05) is 37.3 Å². The fourth-order valence-corrected chi connectivity index (χ4v) is 2.57. The molecule has 21 heavy (non-hydrogen) atoms. The molecule has 6 heteroatoms. The van der Waals surface area contributed by atoms with Crippen LogP contribution in [-0.4, -0.2) is 17.3 Å². The first kappa shape index (κ1) is 13.8. The molecule has 108 valence electrons. The van der Waals surface area contributed by atoms with E-state index in [9.17, 15) is 0 Å². The van der Waals surface area contributed by atoms with Crippen LogP contribution in [0.25, 0.3) is 11.5 Å². The number of aryl methyl sites for hydroxylation is 1. The first-order valence-electron chi connectivity index (χ1n) is 6.40. The Kier molecular flexibility index (Phi) is 3.96. The molecule has 2 aromatic heterocycles. The normalized spacial score (nSPS) is 10.8. The van der Waals surface area contributed by atoms with E-state index in [4.69, 9.17) is 13.6 Å². The lowest BCUT2D eigenvalue weighted by atomic mass is 10.2. The van der Waals surface area contributed by atoms with Gasteiger partial charge in [0.25, 0.3) is 11.1 Å². The molecule has 3 aromatic rings. The molecule has 0 bridgehead atoms. The van der Waals surface area contributed by atoms with Crippen molar-refractivity contribution < 1.29 is 13.6 Å². The summed E-state index contributed by atoms with van der Waals surface area (Å²) in [6, 6.07) is 9.72. The van der Waals surface area contributed by atoms with Crippen LogP contribution < -0.4 is 4.74 Å². The Bertz CT molecular complexity index is 719. The van der Waals surface area contributed by atoms with E-state index in [2.05, 4.69) is 10.2 Å². The topological polar surface area (TPSA) is 61.3 Å². The average molecular weight is 302 g/mol. The predicted molar refractivity (Wildman–Crippen MR) is 79.3 cm³/mol. The summed E-state index contributed by atoms with van der Waals surface area (Å²) in [5.74, 6) is 2.86. The molecule has 0 spiro atoms. The summed E-state index contributed by atoms with van der Waals surface area (Å²) in [7, 11) is 1.65. The van der Waals surface area contributed by atoms with E-state index < -0.39 is 0 Å². The Balaban J connectivity index is 1.66. The van der Waals surface area contributed by atoms with Crippen LogP contribution in [-0.2, 0) is 5.75 Å². The lowest BCUT2D eigenvalue weighted by molar-refractivity contribution is 0.414. The molecular weight excluding hydrogens is 288 g/mol. The van der Waals surface area contributed by atoms with E-state index in [0.717, 1.165) is 22.8 Å². The molecule has 0 radical (unpaired) electrons. The second-order valence-electron chi connectivity index (χ2n) is 4.40. The van der Waals surface area contributed by atoms with Gasteiger partial charge in [0.1, 0.15) is 11.5 Å². The van der Waals surface area contributed by atoms with Gasteiger partial charge in [-0.25, -0.2) is 0 Å². The first-order valence-corrected chi connectivity index (χ1v) is 7.38. The number of thioether (sulfide) groups is 1. The third-order valence-electron chi connectivity index (χ3n) is 3.02. The van der Waals surface area contributed by atoms with Crippen LogP contribution >= 0.6 is 11.8 Å². The Morgan fingerprint density at radius 3 is 2.62 bits per heavy atom. The molecule has 0 unspecified atom stereocenters. The van der Waals surface area contributed by atoms with Crippen LogP contribution in [0, 0.1) is 6.92 Å². The number of furan rings is 1. The average Bonchev–Trinajstić information content (AvgIpc) is 3.14. The Hall–Kier alpha value is -2.21. The third-order valence-corrected chi connectivity index (χ3v) is 3.91. The van der Waals surface area contributed by atoms with Crippen LogP contribution in [0.4, 0.5) is 0 Å². The number of ether oxygens (including phenoxy) is 1.